The van der Waals surface area contributed by atoms with Gasteiger partial charge in [0.05, 0.1) is 18.5 Å². The highest BCUT2D eigenvalue weighted by molar-refractivity contribution is 6.00. The Hall–Kier alpha value is -4.64. The Morgan fingerprint density at radius 2 is 1.86 bits per heavy atom. The van der Waals surface area contributed by atoms with Gasteiger partial charge in [-0.2, -0.15) is 10.1 Å². The van der Waals surface area contributed by atoms with Crippen LogP contribution in [0.15, 0.2) is 66.1 Å². The van der Waals surface area contributed by atoms with E-state index in [4.69, 9.17) is 15.6 Å². The summed E-state index contributed by atoms with van der Waals surface area (Å²) in [6, 6.07) is 11.9. The lowest BCUT2D eigenvalue weighted by Gasteiger charge is -2.18. The number of carbonyl (C=O) groups excluding carboxylic acids is 1. The van der Waals surface area contributed by atoms with Crippen LogP contribution < -0.4 is 5.73 Å². The maximum Gasteiger partial charge on any atom is 0.246 e. The van der Waals surface area contributed by atoms with E-state index in [1.165, 1.54) is 6.33 Å². The minimum Gasteiger partial charge on any atom is -0.481 e. The fourth-order valence-corrected chi connectivity index (χ4v) is 6.25. The molecule has 0 bridgehead atoms. The zero-order chi connectivity index (χ0) is 30.1. The Labute approximate surface area is 251 Å². The van der Waals surface area contributed by atoms with Crippen LogP contribution in [0.25, 0.3) is 22.3 Å². The Bertz CT molecular complexity index is 1680. The highest BCUT2D eigenvalue weighted by atomic mass is 16.5. The highest BCUT2D eigenvalue weighted by Crippen LogP contribution is 2.45. The van der Waals surface area contributed by atoms with Crippen molar-refractivity contribution >= 4 is 34.5 Å². The van der Waals surface area contributed by atoms with Gasteiger partial charge in [0.2, 0.25) is 11.8 Å². The van der Waals surface area contributed by atoms with Crippen molar-refractivity contribution < 1.29 is 9.53 Å². The van der Waals surface area contributed by atoms with Gasteiger partial charge in [0.15, 0.2) is 11.5 Å². The monoisotopic (exact) mass is 579 g/mol. The van der Waals surface area contributed by atoms with E-state index in [2.05, 4.69) is 19.9 Å². The van der Waals surface area contributed by atoms with Crippen LogP contribution >= 0.6 is 0 Å². The first kappa shape index (κ1) is 28.5. The first-order chi connectivity index (χ1) is 20.8. The summed E-state index contributed by atoms with van der Waals surface area (Å²) < 4.78 is 7.63. The summed E-state index contributed by atoms with van der Waals surface area (Å²) in [5.74, 6) is 2.44. The largest absolute Gasteiger partial charge is 0.481 e. The number of likely N-dealkylation sites (tertiary alicyclic amines) is 1. The van der Waals surface area contributed by atoms with Gasteiger partial charge in [-0.25, -0.2) is 19.6 Å². The zero-order valence-electron chi connectivity index (χ0n) is 25.0. The molecule has 3 aromatic heterocycles. The molecule has 2 atom stereocenters. The number of hydrogen-bond donors (Lipinski definition) is 1. The third-order valence-corrected chi connectivity index (χ3v) is 8.35. The van der Waals surface area contributed by atoms with Gasteiger partial charge in [-0.15, -0.1) is 0 Å². The number of likely N-dealkylation sites (N-methyl/N-ethyl adjacent to an activating group) is 1. The fraction of sp³-hybridized carbons (Fsp3) is 0.375. The lowest BCUT2D eigenvalue weighted by Crippen LogP contribution is -2.28. The molecule has 6 rings (SSSR count). The van der Waals surface area contributed by atoms with Crippen LogP contribution in [0.5, 0.6) is 0 Å². The molecule has 4 heterocycles. The average Bonchev–Trinajstić information content (AvgIpc) is 3.68. The predicted molar refractivity (Wildman–Crippen MR) is 167 cm³/mol. The van der Waals surface area contributed by atoms with E-state index in [0.29, 0.717) is 29.4 Å². The van der Waals surface area contributed by atoms with Crippen LogP contribution in [0.3, 0.4) is 0 Å². The lowest BCUT2D eigenvalue weighted by molar-refractivity contribution is -0.125. The molecule has 4 aromatic rings. The molecular formula is C32H37N9O2. The number of hydrogen-bond acceptors (Lipinski definition) is 9. The summed E-state index contributed by atoms with van der Waals surface area (Å²) in [6.45, 7) is 4.31. The molecule has 0 radical (unpaired) electrons. The van der Waals surface area contributed by atoms with Crippen LogP contribution in [-0.2, 0) is 9.53 Å². The van der Waals surface area contributed by atoms with Gasteiger partial charge in [0, 0.05) is 43.0 Å². The Balaban J connectivity index is 1.23. The van der Waals surface area contributed by atoms with Crippen LogP contribution in [-0.4, -0.2) is 87.2 Å². The summed E-state index contributed by atoms with van der Waals surface area (Å²) in [6.07, 6.45) is 8.75. The Morgan fingerprint density at radius 3 is 2.53 bits per heavy atom. The first-order valence-corrected chi connectivity index (χ1v) is 14.6. The second-order valence-corrected chi connectivity index (χ2v) is 11.7. The second kappa shape index (κ2) is 11.9. The van der Waals surface area contributed by atoms with Crippen LogP contribution in [0.1, 0.15) is 30.0 Å². The molecule has 11 heteroatoms. The van der Waals surface area contributed by atoms with Gasteiger partial charge in [0.1, 0.15) is 17.8 Å². The molecule has 1 aromatic carbocycles. The molecule has 1 saturated carbocycles. The molecule has 2 aliphatic rings. The predicted octanol–water partition coefficient (Wildman–Crippen LogP) is 4.03. The third-order valence-electron chi connectivity index (χ3n) is 8.35. The topological polar surface area (TPSA) is 128 Å². The second-order valence-electron chi connectivity index (χ2n) is 11.7. The van der Waals surface area contributed by atoms with Crippen molar-refractivity contribution in [3.63, 3.8) is 0 Å². The van der Waals surface area contributed by atoms with E-state index >= 15 is 0 Å². The van der Waals surface area contributed by atoms with E-state index in [1.54, 1.807) is 19.4 Å². The molecule has 1 aliphatic heterocycles. The summed E-state index contributed by atoms with van der Waals surface area (Å²) in [5.41, 5.74) is 10.7. The minimum absolute atomic E-state index is 0.0976. The van der Waals surface area contributed by atoms with Gasteiger partial charge < -0.3 is 20.3 Å². The summed E-state index contributed by atoms with van der Waals surface area (Å²) in [4.78, 5) is 34.6. The number of anilines is 1. The Kier molecular flexibility index (Phi) is 7.90. The number of aromatic nitrogens is 5. The molecule has 43 heavy (non-hydrogen) atoms. The lowest BCUT2D eigenvalue weighted by atomic mass is 10.0. The van der Waals surface area contributed by atoms with Crippen LogP contribution in [0, 0.1) is 18.8 Å². The minimum atomic E-state index is 0.0976. The normalized spacial score (nSPS) is 20.4. The number of fused-ring (bicyclic) bond motifs is 2. The standard InChI is InChI=1S/C32H37N9O2/c1-20-11-12-34-26(14-20)37-32(43-4)22-9-7-21(8-10-22)29-28-30(33)35-19-36-31(28)41(38-29)25-15-23-17-40(18-24(23)16-25)27(42)6-5-13-39(2)3/h5-12,14,19,23-25H,13,15-18H2,1-4H3,(H2,33,35,36)/b6-5+,37-32-. The number of benzene rings is 1. The van der Waals surface area contributed by atoms with Gasteiger partial charge in [-0.05, 0) is 75.5 Å². The van der Waals surface area contributed by atoms with E-state index in [9.17, 15) is 4.79 Å². The van der Waals surface area contributed by atoms with Gasteiger partial charge in [0.25, 0.3) is 0 Å². The molecule has 2 fully saturated rings. The molecule has 222 valence electrons. The van der Waals surface area contributed by atoms with Gasteiger partial charge in [-0.1, -0.05) is 18.2 Å². The van der Waals surface area contributed by atoms with Crippen molar-refractivity contribution in [3.05, 3.63) is 72.2 Å². The zero-order valence-corrected chi connectivity index (χ0v) is 25.0. The van der Waals surface area contributed by atoms with Crippen molar-refractivity contribution in [2.45, 2.75) is 25.8 Å². The number of aryl methyl sites for hydroxylation is 1. The number of carbonyl (C=O) groups is 1. The summed E-state index contributed by atoms with van der Waals surface area (Å²) in [7, 11) is 5.58. The maximum atomic E-state index is 12.7. The highest BCUT2D eigenvalue weighted by Gasteiger charge is 2.43. The summed E-state index contributed by atoms with van der Waals surface area (Å²) in [5, 5.41) is 5.83. The van der Waals surface area contributed by atoms with Crippen molar-refractivity contribution in [2.24, 2.45) is 16.8 Å². The smallest absolute Gasteiger partial charge is 0.246 e. The maximum absolute atomic E-state index is 12.7. The third kappa shape index (κ3) is 5.85. The SMILES string of the molecule is CO/C(=N\c1cc(C)ccn1)c1ccc(-c2nn(C3CC4CN(C(=O)/C=C/CN(C)C)CC4C3)c3ncnc(N)c23)cc1. The molecular weight excluding hydrogens is 542 g/mol. The number of aliphatic imine (C=N–C) groups is 1. The molecule has 0 spiro atoms. The quantitative estimate of drug-likeness (QED) is 0.198. The van der Waals surface area contributed by atoms with Crippen molar-refractivity contribution in [1.82, 2.24) is 34.5 Å². The molecule has 1 saturated heterocycles. The number of rotatable bonds is 7. The Morgan fingerprint density at radius 1 is 1.12 bits per heavy atom. The number of ether oxygens (including phenoxy) is 1. The number of amides is 1. The number of methoxy groups -OCH3 is 1. The number of nitrogens with zero attached hydrogens (tertiary/aromatic N) is 8. The first-order valence-electron chi connectivity index (χ1n) is 14.6. The van der Waals surface area contributed by atoms with E-state index in [0.717, 1.165) is 65.9 Å². The molecule has 11 nitrogen and oxygen atoms in total. The van der Waals surface area contributed by atoms with Crippen LogP contribution in [0.4, 0.5) is 11.6 Å². The number of nitrogens with two attached hydrogens (primary N) is 1. The summed E-state index contributed by atoms with van der Waals surface area (Å²) >= 11 is 0. The average molecular weight is 580 g/mol. The molecule has 2 N–H and O–H groups in total. The van der Waals surface area contributed by atoms with Crippen molar-refractivity contribution in [1.29, 1.82) is 0 Å². The number of pyridine rings is 1. The van der Waals surface area contributed by atoms with E-state index in [-0.39, 0.29) is 11.9 Å². The number of nitrogen functional groups attached to an aromatic ring is 1. The molecule has 2 unspecified atom stereocenters. The van der Waals surface area contributed by atoms with Gasteiger partial charge in [-0.3, -0.25) is 4.79 Å². The molecule has 1 amide bonds. The van der Waals surface area contributed by atoms with E-state index < -0.39 is 0 Å². The fourth-order valence-electron chi connectivity index (χ4n) is 6.25. The van der Waals surface area contributed by atoms with Crippen molar-refractivity contribution in [2.75, 3.05) is 46.6 Å². The van der Waals surface area contributed by atoms with E-state index in [1.807, 2.05) is 78.0 Å². The van der Waals surface area contributed by atoms with Gasteiger partial charge >= 0.3 is 0 Å². The molecule has 1 aliphatic carbocycles. The van der Waals surface area contributed by atoms with Crippen molar-refractivity contribution in [3.8, 4) is 11.3 Å². The van der Waals surface area contributed by atoms with Crippen LogP contribution in [0.2, 0.25) is 0 Å².